The minimum atomic E-state index is -1.56. The Morgan fingerprint density at radius 2 is 1.04 bits per heavy atom. The van der Waals surface area contributed by atoms with Crippen molar-refractivity contribution < 1.29 is 93.6 Å². The Bertz CT molecular complexity index is 1430. The zero-order valence-corrected chi connectivity index (χ0v) is 32.2. The Hall–Kier alpha value is -3.47. The number of aliphatic carboxylic acids is 1. The molecule has 57 heavy (non-hydrogen) atoms. The minimum absolute atomic E-state index is 0.0428. The number of hydrogen-bond acceptors (Lipinski definition) is 18. The average molecular weight is 817 g/mol. The minimum Gasteiger partial charge on any atom is -0.481 e. The lowest BCUT2D eigenvalue weighted by Crippen LogP contribution is -2.58. The van der Waals surface area contributed by atoms with E-state index in [9.17, 15) is 64.8 Å². The van der Waals surface area contributed by atoms with Crippen LogP contribution >= 0.6 is 0 Å². The molecular weight excluding hydrogens is 760 g/mol. The Morgan fingerprint density at radius 3 is 1.44 bits per heavy atom. The number of carboxylic acid groups (broad SMARTS) is 1. The second-order valence-corrected chi connectivity index (χ2v) is 14.8. The molecule has 4 rings (SSSR count). The van der Waals surface area contributed by atoms with Gasteiger partial charge in [-0.05, 0) is 17.0 Å². The molecule has 0 radical (unpaired) electrons. The molecular formula is C38H56O19. The van der Waals surface area contributed by atoms with Crippen molar-refractivity contribution in [1.82, 2.24) is 0 Å². The van der Waals surface area contributed by atoms with E-state index in [0.717, 1.165) is 0 Å². The van der Waals surface area contributed by atoms with Crippen LogP contribution in [-0.4, -0.2) is 175 Å². The molecule has 0 spiro atoms. The van der Waals surface area contributed by atoms with Crippen molar-refractivity contribution in [1.29, 1.82) is 0 Å². The summed E-state index contributed by atoms with van der Waals surface area (Å²) >= 11 is 0. The van der Waals surface area contributed by atoms with Crippen LogP contribution in [0, 0.1) is 11.8 Å². The fraction of sp³-hybridized carbons (Fsp3) is 0.711. The normalized spacial score (nSPS) is 35.3. The molecule has 3 aliphatic rings. The van der Waals surface area contributed by atoms with Gasteiger partial charge in [0.25, 0.3) is 0 Å². The number of Topliss-reactive ketones (excluding diaryl/α,β-unsaturated/α-hetero) is 2. The lowest BCUT2D eigenvalue weighted by Gasteiger charge is -2.43. The van der Waals surface area contributed by atoms with Crippen LogP contribution in [0.4, 0.5) is 0 Å². The SMILES string of the molecule is CC(=O)OC[C@H]1O[C@H](CC(=O)O)[C@@H](OC(C)=O)[C@@H](C)[C@@H]1C.O=C(Cc1cccc(CC(=O)C[C@H]2O[C@H](CO)[C@@H](O)[C@H](O)[C@@H]2O)c1)C[C@H]1O[C@H](CO)[C@@H](O)[C@H](O)[C@@H]1O. The molecule has 1 aromatic rings. The molecule has 0 saturated carbocycles. The van der Waals surface area contributed by atoms with E-state index in [1.165, 1.54) is 13.8 Å². The number of hydrogen-bond donors (Lipinski definition) is 9. The maximum absolute atomic E-state index is 12.6. The van der Waals surface area contributed by atoms with E-state index in [4.69, 9.17) is 28.8 Å². The van der Waals surface area contributed by atoms with Gasteiger partial charge < -0.3 is 69.6 Å². The highest BCUT2D eigenvalue weighted by molar-refractivity contribution is 5.83. The van der Waals surface area contributed by atoms with E-state index in [0.29, 0.717) is 11.1 Å². The Labute approximate surface area is 329 Å². The van der Waals surface area contributed by atoms with Gasteiger partial charge in [0.15, 0.2) is 0 Å². The maximum Gasteiger partial charge on any atom is 0.306 e. The first-order valence-electron chi connectivity index (χ1n) is 18.7. The van der Waals surface area contributed by atoms with Crippen LogP contribution in [0.15, 0.2) is 24.3 Å². The van der Waals surface area contributed by atoms with E-state index < -0.39 is 110 Å². The van der Waals surface area contributed by atoms with Crippen LogP contribution in [0.2, 0.25) is 0 Å². The van der Waals surface area contributed by atoms with Crippen molar-refractivity contribution in [2.24, 2.45) is 11.8 Å². The fourth-order valence-corrected chi connectivity index (χ4v) is 7.10. The Balaban J connectivity index is 0.000000353. The molecule has 0 aliphatic carbocycles. The van der Waals surface area contributed by atoms with Gasteiger partial charge in [0.1, 0.15) is 79.2 Å². The van der Waals surface area contributed by atoms with Gasteiger partial charge in [-0.3, -0.25) is 24.0 Å². The van der Waals surface area contributed by atoms with Gasteiger partial charge in [0.05, 0.1) is 37.9 Å². The van der Waals surface area contributed by atoms with Crippen molar-refractivity contribution in [3.63, 3.8) is 0 Å². The molecule has 0 amide bonds. The molecule has 0 unspecified atom stereocenters. The second kappa shape index (κ2) is 22.1. The predicted octanol–water partition coefficient (Wildman–Crippen LogP) is -2.63. The number of carboxylic acids is 1. The third kappa shape index (κ3) is 13.5. The lowest BCUT2D eigenvalue weighted by molar-refractivity contribution is -0.229. The second-order valence-electron chi connectivity index (χ2n) is 14.8. The van der Waals surface area contributed by atoms with E-state index in [1.807, 2.05) is 13.8 Å². The summed E-state index contributed by atoms with van der Waals surface area (Å²) in [5.74, 6) is -2.74. The molecule has 322 valence electrons. The first-order valence-corrected chi connectivity index (χ1v) is 18.7. The number of aliphatic hydroxyl groups excluding tert-OH is 8. The van der Waals surface area contributed by atoms with Crippen molar-refractivity contribution in [3.05, 3.63) is 35.4 Å². The number of carbonyl (C=O) groups excluding carboxylic acids is 4. The summed E-state index contributed by atoms with van der Waals surface area (Å²) < 4.78 is 26.6. The highest BCUT2D eigenvalue weighted by Gasteiger charge is 2.46. The van der Waals surface area contributed by atoms with Gasteiger partial charge in [-0.25, -0.2) is 0 Å². The molecule has 3 aliphatic heterocycles. The summed E-state index contributed by atoms with van der Waals surface area (Å²) in [5, 5.41) is 87.2. The molecule has 1 aromatic carbocycles. The molecule has 0 bridgehead atoms. The zero-order chi connectivity index (χ0) is 42.7. The van der Waals surface area contributed by atoms with Crippen molar-refractivity contribution in [2.75, 3.05) is 19.8 Å². The number of benzene rings is 1. The standard InChI is InChI=1S/C24H34O12.C14H22O7/c25-9-17-21(31)23(33)19(29)15(35-17)7-13(27)5-11-2-1-3-12(4-11)6-14(28)8-16-20(30)24(34)22(32)18(10-26)36-16;1-7-8(2)14(20-10(4)16)11(5-13(17)18)21-12(7)6-19-9(3)15/h1-4,15-26,29-34H,5-10H2;7-8,11-12,14H,5-6H2,1-4H3,(H,17,18)/t15-,16-,17-,18-,19-,20-,21-,22-,23-,24-;7-,8-,11+,12+,14-/m10/s1. The number of rotatable bonds is 15. The molecule has 15 atom stereocenters. The smallest absolute Gasteiger partial charge is 0.306 e. The van der Waals surface area contributed by atoms with Crippen LogP contribution in [0.5, 0.6) is 0 Å². The quantitative estimate of drug-likeness (QED) is 0.0818. The summed E-state index contributed by atoms with van der Waals surface area (Å²) in [6.07, 6.45) is -16.2. The summed E-state index contributed by atoms with van der Waals surface area (Å²) in [7, 11) is 0. The molecule has 19 heteroatoms. The first kappa shape index (κ1) is 47.9. The average Bonchev–Trinajstić information content (AvgIpc) is 3.14. The van der Waals surface area contributed by atoms with Gasteiger partial charge in [0.2, 0.25) is 0 Å². The monoisotopic (exact) mass is 816 g/mol. The lowest BCUT2D eigenvalue weighted by atomic mass is 9.80. The number of aliphatic hydroxyl groups is 8. The number of ketones is 2. The van der Waals surface area contributed by atoms with Crippen molar-refractivity contribution in [2.45, 2.75) is 139 Å². The molecule has 3 heterocycles. The third-order valence-electron chi connectivity index (χ3n) is 10.4. The van der Waals surface area contributed by atoms with E-state index >= 15 is 0 Å². The number of ether oxygens (including phenoxy) is 5. The summed E-state index contributed by atoms with van der Waals surface area (Å²) in [4.78, 5) is 58.2. The Morgan fingerprint density at radius 1 is 0.596 bits per heavy atom. The molecule has 3 fully saturated rings. The summed E-state index contributed by atoms with van der Waals surface area (Å²) in [6, 6.07) is 6.66. The number of esters is 2. The van der Waals surface area contributed by atoms with E-state index in [-0.39, 0.29) is 62.1 Å². The van der Waals surface area contributed by atoms with Crippen molar-refractivity contribution >= 4 is 29.5 Å². The van der Waals surface area contributed by atoms with Crippen LogP contribution in [0.3, 0.4) is 0 Å². The highest BCUT2D eigenvalue weighted by atomic mass is 16.6. The molecule has 3 saturated heterocycles. The van der Waals surface area contributed by atoms with Gasteiger partial charge in [-0.1, -0.05) is 38.1 Å². The van der Waals surface area contributed by atoms with Gasteiger partial charge in [-0.2, -0.15) is 0 Å². The zero-order valence-electron chi connectivity index (χ0n) is 32.2. The predicted molar refractivity (Wildman–Crippen MR) is 192 cm³/mol. The largest absolute Gasteiger partial charge is 0.481 e. The van der Waals surface area contributed by atoms with E-state index in [2.05, 4.69) is 0 Å². The first-order chi connectivity index (χ1) is 26.8. The maximum atomic E-state index is 12.6. The Kier molecular flexibility index (Phi) is 18.5. The van der Waals surface area contributed by atoms with Crippen LogP contribution in [0.25, 0.3) is 0 Å². The molecule has 19 nitrogen and oxygen atoms in total. The van der Waals surface area contributed by atoms with Crippen molar-refractivity contribution in [3.8, 4) is 0 Å². The van der Waals surface area contributed by atoms with Crippen LogP contribution in [-0.2, 0) is 60.5 Å². The third-order valence-corrected chi connectivity index (χ3v) is 10.4. The number of carbonyl (C=O) groups is 5. The molecule has 9 N–H and O–H groups in total. The van der Waals surface area contributed by atoms with Crippen LogP contribution < -0.4 is 0 Å². The van der Waals surface area contributed by atoms with Gasteiger partial charge >= 0.3 is 17.9 Å². The summed E-state index contributed by atoms with van der Waals surface area (Å²) in [5.41, 5.74) is 1.17. The summed E-state index contributed by atoms with van der Waals surface area (Å²) in [6.45, 7) is 5.23. The van der Waals surface area contributed by atoms with Crippen LogP contribution in [0.1, 0.15) is 58.1 Å². The topological polar surface area (TPSA) is 314 Å². The fourth-order valence-electron chi connectivity index (χ4n) is 7.10. The highest BCUT2D eigenvalue weighted by Crippen LogP contribution is 2.34. The van der Waals surface area contributed by atoms with Gasteiger partial charge in [-0.15, -0.1) is 0 Å². The van der Waals surface area contributed by atoms with E-state index in [1.54, 1.807) is 24.3 Å². The van der Waals surface area contributed by atoms with Gasteiger partial charge in [0, 0.05) is 45.4 Å². The molecule has 0 aromatic heterocycles.